The van der Waals surface area contributed by atoms with Crippen molar-refractivity contribution in [2.24, 2.45) is 0 Å². The maximum Gasteiger partial charge on any atom is 0.270 e. The number of aromatic nitrogens is 1. The molecule has 0 saturated heterocycles. The normalized spacial score (nSPS) is 10.6. The van der Waals surface area contributed by atoms with Crippen LogP contribution in [-0.2, 0) is 0 Å². The number of nitro groups is 1. The summed E-state index contributed by atoms with van der Waals surface area (Å²) in [6.45, 7) is 0. The van der Waals surface area contributed by atoms with Crippen molar-refractivity contribution in [2.75, 3.05) is 5.32 Å². The largest absolute Gasteiger partial charge is 0.298 e. The lowest BCUT2D eigenvalue weighted by Gasteiger charge is -2.04. The van der Waals surface area contributed by atoms with Crippen LogP contribution >= 0.6 is 22.9 Å². The van der Waals surface area contributed by atoms with Crippen LogP contribution in [0.5, 0.6) is 0 Å². The van der Waals surface area contributed by atoms with Crippen LogP contribution in [0.15, 0.2) is 78.9 Å². The van der Waals surface area contributed by atoms with E-state index in [1.807, 2.05) is 60.7 Å². The molecular weight excluding hydrogens is 422 g/mol. The fraction of sp³-hybridized carbons (Fsp3) is 0. The SMILES string of the molecule is O=C(Nc1nc(-c2ccccc2)c(-c2ccccc2)s1)c1cc([N+](=O)[O-])ccc1Cl. The molecule has 0 saturated carbocycles. The minimum absolute atomic E-state index is 0.0172. The second kappa shape index (κ2) is 8.44. The zero-order chi connectivity index (χ0) is 21.1. The Balaban J connectivity index is 1.72. The van der Waals surface area contributed by atoms with Crippen molar-refractivity contribution in [1.82, 2.24) is 4.98 Å². The van der Waals surface area contributed by atoms with Crippen LogP contribution in [-0.4, -0.2) is 15.8 Å². The number of thiazole rings is 1. The molecule has 30 heavy (non-hydrogen) atoms. The van der Waals surface area contributed by atoms with Gasteiger partial charge in [0.2, 0.25) is 0 Å². The van der Waals surface area contributed by atoms with Gasteiger partial charge in [-0.15, -0.1) is 0 Å². The Morgan fingerprint density at radius 1 is 0.967 bits per heavy atom. The Labute approximate surface area is 180 Å². The number of halogens is 1. The number of anilines is 1. The molecule has 0 aliphatic carbocycles. The average molecular weight is 436 g/mol. The van der Waals surface area contributed by atoms with Crippen molar-refractivity contribution in [3.05, 3.63) is 99.6 Å². The van der Waals surface area contributed by atoms with E-state index in [1.54, 1.807) is 0 Å². The number of nitro benzene ring substituents is 1. The van der Waals surface area contributed by atoms with Crippen LogP contribution in [0.1, 0.15) is 10.4 Å². The molecule has 1 heterocycles. The molecule has 0 fully saturated rings. The summed E-state index contributed by atoms with van der Waals surface area (Å²) in [6.07, 6.45) is 0. The first kappa shape index (κ1) is 19.8. The van der Waals surface area contributed by atoms with Crippen molar-refractivity contribution >= 4 is 39.7 Å². The molecule has 1 amide bonds. The second-order valence-corrected chi connectivity index (χ2v) is 7.71. The number of benzene rings is 3. The molecular formula is C22H14ClN3O3S. The molecule has 0 bridgehead atoms. The van der Waals surface area contributed by atoms with E-state index in [-0.39, 0.29) is 16.3 Å². The van der Waals surface area contributed by atoms with Gasteiger partial charge in [0.25, 0.3) is 11.6 Å². The van der Waals surface area contributed by atoms with Crippen LogP contribution in [0.25, 0.3) is 21.7 Å². The summed E-state index contributed by atoms with van der Waals surface area (Å²) in [7, 11) is 0. The highest BCUT2D eigenvalue weighted by atomic mass is 35.5. The minimum Gasteiger partial charge on any atom is -0.298 e. The summed E-state index contributed by atoms with van der Waals surface area (Å²) in [5.41, 5.74) is 2.44. The van der Waals surface area contributed by atoms with Crippen molar-refractivity contribution in [1.29, 1.82) is 0 Å². The lowest BCUT2D eigenvalue weighted by molar-refractivity contribution is -0.384. The molecule has 0 spiro atoms. The highest BCUT2D eigenvalue weighted by molar-refractivity contribution is 7.19. The summed E-state index contributed by atoms with van der Waals surface area (Å²) in [4.78, 5) is 28.7. The number of hydrogen-bond acceptors (Lipinski definition) is 5. The van der Waals surface area contributed by atoms with E-state index in [4.69, 9.17) is 11.6 Å². The number of non-ortho nitro benzene ring substituents is 1. The number of carbonyl (C=O) groups excluding carboxylic acids is 1. The molecule has 1 aromatic heterocycles. The molecule has 0 atom stereocenters. The van der Waals surface area contributed by atoms with Crippen molar-refractivity contribution < 1.29 is 9.72 Å². The molecule has 1 N–H and O–H groups in total. The standard InChI is InChI=1S/C22H14ClN3O3S/c23-18-12-11-16(26(28)29)13-17(18)21(27)25-22-24-19(14-7-3-1-4-8-14)20(30-22)15-9-5-2-6-10-15/h1-13H,(H,24,25,27). The fourth-order valence-electron chi connectivity index (χ4n) is 2.92. The van der Waals surface area contributed by atoms with E-state index in [2.05, 4.69) is 10.3 Å². The second-order valence-electron chi connectivity index (χ2n) is 6.30. The summed E-state index contributed by atoms with van der Waals surface area (Å²) in [5.74, 6) is -0.559. The van der Waals surface area contributed by atoms with Gasteiger partial charge < -0.3 is 0 Å². The van der Waals surface area contributed by atoms with Gasteiger partial charge in [0.15, 0.2) is 5.13 Å². The summed E-state index contributed by atoms with van der Waals surface area (Å²) in [6, 6.07) is 23.2. The topological polar surface area (TPSA) is 85.1 Å². The lowest BCUT2D eigenvalue weighted by Crippen LogP contribution is -2.12. The van der Waals surface area contributed by atoms with Crippen LogP contribution in [0.2, 0.25) is 5.02 Å². The quantitative estimate of drug-likeness (QED) is 0.295. The van der Waals surface area contributed by atoms with Crippen LogP contribution < -0.4 is 5.32 Å². The Bertz CT molecular complexity index is 1170. The molecule has 4 rings (SSSR count). The zero-order valence-corrected chi connectivity index (χ0v) is 17.0. The predicted octanol–water partition coefficient (Wildman–Crippen LogP) is 6.29. The van der Waals surface area contributed by atoms with Gasteiger partial charge in [-0.25, -0.2) is 4.98 Å². The fourth-order valence-corrected chi connectivity index (χ4v) is 4.11. The number of amides is 1. The zero-order valence-electron chi connectivity index (χ0n) is 15.4. The van der Waals surface area contributed by atoms with E-state index >= 15 is 0 Å². The van der Waals surface area contributed by atoms with Gasteiger partial charge in [0.1, 0.15) is 0 Å². The first-order valence-electron chi connectivity index (χ1n) is 8.90. The van der Waals surface area contributed by atoms with Crippen molar-refractivity contribution in [3.8, 4) is 21.7 Å². The average Bonchev–Trinajstić information content (AvgIpc) is 3.19. The Morgan fingerprint density at radius 3 is 2.23 bits per heavy atom. The molecule has 3 aromatic carbocycles. The monoisotopic (exact) mass is 435 g/mol. The Morgan fingerprint density at radius 2 is 1.60 bits per heavy atom. The van der Waals surface area contributed by atoms with Crippen molar-refractivity contribution in [3.63, 3.8) is 0 Å². The number of nitrogens with one attached hydrogen (secondary N) is 1. The summed E-state index contributed by atoms with van der Waals surface area (Å²) >= 11 is 7.42. The third-order valence-electron chi connectivity index (χ3n) is 4.34. The van der Waals surface area contributed by atoms with E-state index in [0.29, 0.717) is 5.13 Å². The van der Waals surface area contributed by atoms with Crippen molar-refractivity contribution in [2.45, 2.75) is 0 Å². The Hall–Kier alpha value is -3.55. The number of rotatable bonds is 5. The molecule has 0 aliphatic heterocycles. The summed E-state index contributed by atoms with van der Waals surface area (Å²) in [5, 5.41) is 14.3. The predicted molar refractivity (Wildman–Crippen MR) is 119 cm³/mol. The maximum absolute atomic E-state index is 12.8. The van der Waals surface area contributed by atoms with E-state index in [0.717, 1.165) is 27.8 Å². The van der Waals surface area contributed by atoms with Gasteiger partial charge in [0, 0.05) is 17.7 Å². The molecule has 8 heteroatoms. The minimum atomic E-state index is -0.572. The highest BCUT2D eigenvalue weighted by Crippen LogP contribution is 2.39. The van der Waals surface area contributed by atoms with Gasteiger partial charge >= 0.3 is 0 Å². The molecule has 148 valence electrons. The summed E-state index contributed by atoms with van der Waals surface area (Å²) < 4.78 is 0. The third kappa shape index (κ3) is 4.07. The highest BCUT2D eigenvalue weighted by Gasteiger charge is 2.20. The maximum atomic E-state index is 12.8. The third-order valence-corrected chi connectivity index (χ3v) is 5.69. The molecule has 6 nitrogen and oxygen atoms in total. The van der Waals surface area contributed by atoms with E-state index in [1.165, 1.54) is 23.5 Å². The van der Waals surface area contributed by atoms with Crippen LogP contribution in [0, 0.1) is 10.1 Å². The van der Waals surface area contributed by atoms with E-state index in [9.17, 15) is 14.9 Å². The number of carbonyl (C=O) groups is 1. The first-order chi connectivity index (χ1) is 14.5. The van der Waals surface area contributed by atoms with Gasteiger partial charge in [0.05, 0.1) is 26.1 Å². The van der Waals surface area contributed by atoms with E-state index < -0.39 is 10.8 Å². The Kier molecular flexibility index (Phi) is 5.56. The van der Waals surface area contributed by atoms with Gasteiger partial charge in [-0.05, 0) is 11.6 Å². The molecule has 0 aliphatic rings. The molecule has 0 unspecified atom stereocenters. The van der Waals surface area contributed by atoms with Gasteiger partial charge in [-0.3, -0.25) is 20.2 Å². The first-order valence-corrected chi connectivity index (χ1v) is 10.1. The van der Waals surface area contributed by atoms with Crippen LogP contribution in [0.3, 0.4) is 0 Å². The number of nitrogens with zero attached hydrogens (tertiary/aromatic N) is 2. The smallest absolute Gasteiger partial charge is 0.270 e. The lowest BCUT2D eigenvalue weighted by atomic mass is 10.1. The van der Waals surface area contributed by atoms with Gasteiger partial charge in [-0.2, -0.15) is 0 Å². The molecule has 4 aromatic rings. The number of hydrogen-bond donors (Lipinski definition) is 1. The van der Waals surface area contributed by atoms with Gasteiger partial charge in [-0.1, -0.05) is 83.6 Å². The molecule has 0 radical (unpaired) electrons. The van der Waals surface area contributed by atoms with Crippen LogP contribution in [0.4, 0.5) is 10.8 Å².